The third kappa shape index (κ3) is 5.11. The zero-order valence-electron chi connectivity index (χ0n) is 19.5. The molecule has 0 radical (unpaired) electrons. The summed E-state index contributed by atoms with van der Waals surface area (Å²) in [7, 11) is -2.56. The highest BCUT2D eigenvalue weighted by Crippen LogP contribution is 2.31. The van der Waals surface area contributed by atoms with Crippen molar-refractivity contribution >= 4 is 27.2 Å². The van der Waals surface area contributed by atoms with Crippen LogP contribution in [-0.4, -0.2) is 31.5 Å². The molecule has 3 N–H and O–H groups in total. The minimum atomic E-state index is -3.88. The van der Waals surface area contributed by atoms with E-state index in [1.165, 1.54) is 31.6 Å². The number of sulfone groups is 1. The van der Waals surface area contributed by atoms with Gasteiger partial charge in [0, 0.05) is 36.3 Å². The standard InChI is InChI=1S/C27H24N4O4S/c1-35-27(32)23-13-7-14-29-25(23)31-18-19-8-5-9-20(16-19)24(17-28)22-12-6-15-30-26(22)36(33,34)21-10-3-2-4-11-21/h2-17H,18,28H2,1H3,(H,29,31)/b24-17-. The van der Waals surface area contributed by atoms with E-state index < -0.39 is 15.8 Å². The average Bonchev–Trinajstić information content (AvgIpc) is 2.93. The summed E-state index contributed by atoms with van der Waals surface area (Å²) in [5.74, 6) is -0.0933. The van der Waals surface area contributed by atoms with Gasteiger partial charge in [-0.15, -0.1) is 0 Å². The molecule has 4 aromatic rings. The molecule has 9 heteroatoms. The van der Waals surface area contributed by atoms with Gasteiger partial charge >= 0.3 is 5.97 Å². The molecule has 182 valence electrons. The van der Waals surface area contributed by atoms with E-state index in [4.69, 9.17) is 10.5 Å². The van der Waals surface area contributed by atoms with E-state index in [-0.39, 0.29) is 9.92 Å². The average molecular weight is 501 g/mol. The van der Waals surface area contributed by atoms with Crippen molar-refractivity contribution in [3.8, 4) is 0 Å². The van der Waals surface area contributed by atoms with Crippen molar-refractivity contribution in [1.29, 1.82) is 0 Å². The Morgan fingerprint density at radius 1 is 0.944 bits per heavy atom. The first-order chi connectivity index (χ1) is 17.5. The van der Waals surface area contributed by atoms with Crippen LogP contribution < -0.4 is 11.1 Å². The number of hydrogen-bond acceptors (Lipinski definition) is 8. The largest absolute Gasteiger partial charge is 0.465 e. The molecule has 2 aromatic heterocycles. The van der Waals surface area contributed by atoms with Crippen molar-refractivity contribution in [2.45, 2.75) is 16.5 Å². The molecule has 2 heterocycles. The lowest BCUT2D eigenvalue weighted by atomic mass is 9.98. The van der Waals surface area contributed by atoms with Crippen molar-refractivity contribution in [2.75, 3.05) is 12.4 Å². The third-order valence-electron chi connectivity index (χ3n) is 5.45. The molecule has 0 atom stereocenters. The number of hydrogen-bond donors (Lipinski definition) is 2. The molecule has 2 aromatic carbocycles. The second-order valence-electron chi connectivity index (χ2n) is 7.70. The predicted molar refractivity (Wildman–Crippen MR) is 137 cm³/mol. The number of nitrogens with two attached hydrogens (primary N) is 1. The maximum atomic E-state index is 13.4. The third-order valence-corrected chi connectivity index (χ3v) is 7.17. The lowest BCUT2D eigenvalue weighted by molar-refractivity contribution is 0.0601. The number of ether oxygens (including phenoxy) is 1. The van der Waals surface area contributed by atoms with Crippen molar-refractivity contribution in [2.24, 2.45) is 5.73 Å². The Morgan fingerprint density at radius 2 is 1.67 bits per heavy atom. The number of carbonyl (C=O) groups excluding carboxylic acids is 1. The fourth-order valence-corrected chi connectivity index (χ4v) is 5.12. The zero-order chi connectivity index (χ0) is 25.5. The van der Waals surface area contributed by atoms with Gasteiger partial charge in [-0.2, -0.15) is 0 Å². The molecule has 0 bridgehead atoms. The van der Waals surface area contributed by atoms with Crippen molar-refractivity contribution < 1.29 is 17.9 Å². The van der Waals surface area contributed by atoms with E-state index in [1.807, 2.05) is 24.3 Å². The summed E-state index contributed by atoms with van der Waals surface area (Å²) in [5, 5.41) is 3.08. The lowest BCUT2D eigenvalue weighted by Gasteiger charge is -2.14. The van der Waals surface area contributed by atoms with E-state index in [0.717, 1.165) is 5.56 Å². The first-order valence-electron chi connectivity index (χ1n) is 11.0. The number of esters is 1. The highest BCUT2D eigenvalue weighted by atomic mass is 32.2. The van der Waals surface area contributed by atoms with Crippen LogP contribution in [0.2, 0.25) is 0 Å². The van der Waals surface area contributed by atoms with Crippen LogP contribution in [0.3, 0.4) is 0 Å². The molecule has 0 unspecified atom stereocenters. The van der Waals surface area contributed by atoms with Gasteiger partial charge in [0.2, 0.25) is 9.84 Å². The quantitative estimate of drug-likeness (QED) is 0.347. The number of aromatic nitrogens is 2. The van der Waals surface area contributed by atoms with Crippen LogP contribution in [-0.2, 0) is 21.1 Å². The molecule has 4 rings (SSSR count). The van der Waals surface area contributed by atoms with Gasteiger partial charge in [-0.25, -0.2) is 23.2 Å². The monoisotopic (exact) mass is 500 g/mol. The number of benzene rings is 2. The fraction of sp³-hybridized carbons (Fsp3) is 0.0741. The maximum Gasteiger partial charge on any atom is 0.341 e. The van der Waals surface area contributed by atoms with Gasteiger partial charge in [-0.05, 0) is 53.6 Å². The molecule has 8 nitrogen and oxygen atoms in total. The lowest BCUT2D eigenvalue weighted by Crippen LogP contribution is -2.10. The number of anilines is 1. The van der Waals surface area contributed by atoms with Crippen LogP contribution in [0.15, 0.2) is 107 Å². The Morgan fingerprint density at radius 3 is 2.39 bits per heavy atom. The van der Waals surface area contributed by atoms with E-state index in [2.05, 4.69) is 15.3 Å². The second kappa shape index (κ2) is 10.8. The van der Waals surface area contributed by atoms with Crippen LogP contribution in [0.25, 0.3) is 5.57 Å². The molecule has 0 amide bonds. The van der Waals surface area contributed by atoms with Crippen molar-refractivity contribution in [3.05, 3.63) is 120 Å². The van der Waals surface area contributed by atoms with E-state index >= 15 is 0 Å². The molecular formula is C27H24N4O4S. The van der Waals surface area contributed by atoms with Gasteiger partial charge in [0.05, 0.1) is 12.0 Å². The van der Waals surface area contributed by atoms with Crippen LogP contribution in [0, 0.1) is 0 Å². The molecule has 0 aliphatic carbocycles. The van der Waals surface area contributed by atoms with E-state index in [9.17, 15) is 13.2 Å². The van der Waals surface area contributed by atoms with Gasteiger partial charge in [-0.3, -0.25) is 0 Å². The van der Waals surface area contributed by atoms with Crippen molar-refractivity contribution in [1.82, 2.24) is 9.97 Å². The zero-order valence-corrected chi connectivity index (χ0v) is 20.3. The van der Waals surface area contributed by atoms with E-state index in [0.29, 0.717) is 34.6 Å². The summed E-state index contributed by atoms with van der Waals surface area (Å²) >= 11 is 0. The second-order valence-corrected chi connectivity index (χ2v) is 9.56. The van der Waals surface area contributed by atoms with Gasteiger partial charge in [0.15, 0.2) is 5.03 Å². The fourth-order valence-electron chi connectivity index (χ4n) is 3.72. The highest BCUT2D eigenvalue weighted by Gasteiger charge is 2.24. The number of pyridine rings is 2. The first-order valence-corrected chi connectivity index (χ1v) is 12.5. The van der Waals surface area contributed by atoms with Gasteiger partial charge in [0.1, 0.15) is 11.4 Å². The first kappa shape index (κ1) is 24.6. The smallest absolute Gasteiger partial charge is 0.341 e. The Bertz CT molecular complexity index is 1520. The van der Waals surface area contributed by atoms with Crippen LogP contribution >= 0.6 is 0 Å². The molecule has 0 aliphatic heterocycles. The number of nitrogens with one attached hydrogen (secondary N) is 1. The summed E-state index contributed by atoms with van der Waals surface area (Å²) in [6.07, 6.45) is 4.40. The molecule has 0 aliphatic rings. The minimum Gasteiger partial charge on any atom is -0.465 e. The summed E-state index contributed by atoms with van der Waals surface area (Å²) in [6.45, 7) is 0.356. The van der Waals surface area contributed by atoms with Crippen molar-refractivity contribution in [3.63, 3.8) is 0 Å². The SMILES string of the molecule is COC(=O)c1cccnc1NCc1cccc(/C(=C/N)c2cccnc2S(=O)(=O)c2ccccc2)c1. The van der Waals surface area contributed by atoms with E-state index in [1.54, 1.807) is 48.7 Å². The summed E-state index contributed by atoms with van der Waals surface area (Å²) in [5.41, 5.74) is 8.83. The molecule has 0 saturated carbocycles. The van der Waals surface area contributed by atoms with Crippen LogP contribution in [0.1, 0.15) is 27.0 Å². The highest BCUT2D eigenvalue weighted by molar-refractivity contribution is 7.91. The summed E-state index contributed by atoms with van der Waals surface area (Å²) in [6, 6.07) is 22.3. The normalized spacial score (nSPS) is 11.6. The molecule has 0 fully saturated rings. The number of methoxy groups -OCH3 is 1. The summed E-state index contributed by atoms with van der Waals surface area (Å²) < 4.78 is 31.5. The Balaban J connectivity index is 1.66. The predicted octanol–water partition coefficient (Wildman–Crippen LogP) is 4.06. The number of rotatable bonds is 8. The maximum absolute atomic E-state index is 13.4. The van der Waals surface area contributed by atoms with Crippen LogP contribution in [0.5, 0.6) is 0 Å². The Kier molecular flexibility index (Phi) is 7.41. The summed E-state index contributed by atoms with van der Waals surface area (Å²) in [4.78, 5) is 20.6. The number of carbonyl (C=O) groups is 1. The Labute approximate surface area is 209 Å². The Hall–Kier alpha value is -4.50. The van der Waals surface area contributed by atoms with Gasteiger partial charge in [-0.1, -0.05) is 36.4 Å². The molecule has 36 heavy (non-hydrogen) atoms. The van der Waals surface area contributed by atoms with Gasteiger partial charge < -0.3 is 15.8 Å². The molecule has 0 saturated heterocycles. The number of nitrogens with zero attached hydrogens (tertiary/aromatic N) is 2. The minimum absolute atomic E-state index is 0.0763. The van der Waals surface area contributed by atoms with Crippen LogP contribution in [0.4, 0.5) is 5.82 Å². The topological polar surface area (TPSA) is 124 Å². The van der Waals surface area contributed by atoms with Gasteiger partial charge in [0.25, 0.3) is 0 Å². The molecule has 0 spiro atoms. The molecular weight excluding hydrogens is 476 g/mol.